The standard InChI is InChI=1S/C22H24ClF3N2O2/c1-13-4-15(9-28-10-17(11-28)21(29)27-3)5-14(2)20(13)30-12-16-6-18(22(24,25)26)8-19(23)7-16/h4-8,17H,9-12H2,1-3H3,(H,27,29). The van der Waals surface area contributed by atoms with Crippen LogP contribution in [0.5, 0.6) is 5.75 Å². The van der Waals surface area contributed by atoms with Gasteiger partial charge in [0.05, 0.1) is 11.5 Å². The number of nitrogens with one attached hydrogen (secondary N) is 1. The van der Waals surface area contributed by atoms with Crippen LogP contribution in [-0.2, 0) is 24.1 Å². The summed E-state index contributed by atoms with van der Waals surface area (Å²) in [5.74, 6) is 0.760. The van der Waals surface area contributed by atoms with E-state index in [1.807, 2.05) is 26.0 Å². The van der Waals surface area contributed by atoms with E-state index >= 15 is 0 Å². The van der Waals surface area contributed by atoms with Crippen molar-refractivity contribution in [3.8, 4) is 5.75 Å². The predicted octanol–water partition coefficient (Wildman–Crippen LogP) is 4.73. The second kappa shape index (κ2) is 8.86. The first-order valence-corrected chi connectivity index (χ1v) is 9.98. The Balaban J connectivity index is 1.65. The lowest BCUT2D eigenvalue weighted by Gasteiger charge is -2.38. The summed E-state index contributed by atoms with van der Waals surface area (Å²) in [6.45, 7) is 6.00. The van der Waals surface area contributed by atoms with Crippen LogP contribution in [-0.4, -0.2) is 30.9 Å². The number of carbonyl (C=O) groups excluding carboxylic acids is 1. The zero-order valence-electron chi connectivity index (χ0n) is 17.1. The van der Waals surface area contributed by atoms with E-state index in [2.05, 4.69) is 10.2 Å². The summed E-state index contributed by atoms with van der Waals surface area (Å²) in [5, 5.41) is 2.69. The predicted molar refractivity (Wildman–Crippen MR) is 110 cm³/mol. The minimum absolute atomic E-state index is 0.00932. The average molecular weight is 441 g/mol. The van der Waals surface area contributed by atoms with E-state index in [0.29, 0.717) is 11.3 Å². The summed E-state index contributed by atoms with van der Waals surface area (Å²) in [4.78, 5) is 13.8. The fourth-order valence-electron chi connectivity index (χ4n) is 3.74. The molecule has 0 unspecified atom stereocenters. The average Bonchev–Trinajstić information content (AvgIpc) is 2.62. The number of carbonyl (C=O) groups is 1. The number of ether oxygens (including phenoxy) is 1. The Morgan fingerprint density at radius 3 is 2.33 bits per heavy atom. The van der Waals surface area contributed by atoms with Crippen LogP contribution in [0.1, 0.15) is 27.8 Å². The number of hydrogen-bond acceptors (Lipinski definition) is 3. The lowest BCUT2D eigenvalue weighted by atomic mass is 9.97. The van der Waals surface area contributed by atoms with E-state index in [4.69, 9.17) is 16.3 Å². The van der Waals surface area contributed by atoms with Crippen molar-refractivity contribution < 1.29 is 22.7 Å². The van der Waals surface area contributed by atoms with Gasteiger partial charge in [-0.15, -0.1) is 0 Å². The van der Waals surface area contributed by atoms with Crippen LogP contribution >= 0.6 is 11.6 Å². The Kier molecular flexibility index (Phi) is 6.62. The molecule has 30 heavy (non-hydrogen) atoms. The molecule has 0 spiro atoms. The van der Waals surface area contributed by atoms with Gasteiger partial charge in [-0.25, -0.2) is 0 Å². The zero-order chi connectivity index (χ0) is 22.1. The van der Waals surface area contributed by atoms with Gasteiger partial charge in [0.2, 0.25) is 5.91 Å². The molecule has 162 valence electrons. The Morgan fingerprint density at radius 2 is 1.77 bits per heavy atom. The first kappa shape index (κ1) is 22.4. The minimum atomic E-state index is -4.46. The maximum Gasteiger partial charge on any atom is 0.416 e. The summed E-state index contributed by atoms with van der Waals surface area (Å²) in [6.07, 6.45) is -4.46. The third kappa shape index (κ3) is 5.26. The van der Waals surface area contributed by atoms with Crippen molar-refractivity contribution in [1.82, 2.24) is 10.2 Å². The van der Waals surface area contributed by atoms with Gasteiger partial charge in [-0.3, -0.25) is 9.69 Å². The number of hydrogen-bond donors (Lipinski definition) is 1. The topological polar surface area (TPSA) is 41.6 Å². The molecule has 0 saturated carbocycles. The van der Waals surface area contributed by atoms with Gasteiger partial charge in [0.15, 0.2) is 0 Å². The van der Waals surface area contributed by atoms with Crippen molar-refractivity contribution >= 4 is 17.5 Å². The summed E-state index contributed by atoms with van der Waals surface area (Å²) in [7, 11) is 1.64. The molecule has 4 nitrogen and oxygen atoms in total. The van der Waals surface area contributed by atoms with Crippen molar-refractivity contribution in [1.29, 1.82) is 0 Å². The molecule has 1 fully saturated rings. The first-order chi connectivity index (χ1) is 14.1. The molecule has 1 amide bonds. The highest BCUT2D eigenvalue weighted by Crippen LogP contribution is 2.33. The summed E-state index contributed by atoms with van der Waals surface area (Å²) in [6, 6.07) is 7.45. The normalized spacial score (nSPS) is 15.0. The molecule has 8 heteroatoms. The lowest BCUT2D eigenvalue weighted by Crippen LogP contribution is -2.52. The maximum atomic E-state index is 13.0. The maximum absolute atomic E-state index is 13.0. The molecule has 0 radical (unpaired) electrons. The molecular formula is C22H24ClF3N2O2. The first-order valence-electron chi connectivity index (χ1n) is 9.60. The molecule has 1 aliphatic rings. The van der Waals surface area contributed by atoms with Crippen LogP contribution in [0, 0.1) is 19.8 Å². The molecule has 1 heterocycles. The molecule has 1 N–H and O–H groups in total. The van der Waals surface area contributed by atoms with E-state index < -0.39 is 11.7 Å². The van der Waals surface area contributed by atoms with Crippen LogP contribution < -0.4 is 10.1 Å². The van der Waals surface area contributed by atoms with Crippen molar-refractivity contribution in [3.63, 3.8) is 0 Å². The van der Waals surface area contributed by atoms with Crippen LogP contribution in [0.4, 0.5) is 13.2 Å². The van der Waals surface area contributed by atoms with Crippen LogP contribution in [0.3, 0.4) is 0 Å². The van der Waals surface area contributed by atoms with Crippen LogP contribution in [0.25, 0.3) is 0 Å². The van der Waals surface area contributed by atoms with Crippen LogP contribution in [0.2, 0.25) is 5.02 Å². The fourth-order valence-corrected chi connectivity index (χ4v) is 4.00. The summed E-state index contributed by atoms with van der Waals surface area (Å²) < 4.78 is 44.8. The smallest absolute Gasteiger partial charge is 0.416 e. The molecule has 0 bridgehead atoms. The number of rotatable bonds is 6. The molecule has 3 rings (SSSR count). The Morgan fingerprint density at radius 1 is 1.13 bits per heavy atom. The molecule has 1 saturated heterocycles. The Bertz CT molecular complexity index is 917. The molecule has 2 aromatic carbocycles. The zero-order valence-corrected chi connectivity index (χ0v) is 17.8. The molecule has 2 aromatic rings. The SMILES string of the molecule is CNC(=O)C1CN(Cc2cc(C)c(OCc3cc(Cl)cc(C(F)(F)F)c3)c(C)c2)C1. The molecular weight excluding hydrogens is 417 g/mol. The Hall–Kier alpha value is -2.25. The number of likely N-dealkylation sites (tertiary alicyclic amines) is 1. The van der Waals surface area contributed by atoms with Gasteiger partial charge in [0.25, 0.3) is 0 Å². The monoisotopic (exact) mass is 440 g/mol. The van der Waals surface area contributed by atoms with Crippen molar-refractivity contribution in [2.75, 3.05) is 20.1 Å². The summed E-state index contributed by atoms with van der Waals surface area (Å²) in [5.41, 5.74) is 2.49. The van der Waals surface area contributed by atoms with E-state index in [1.165, 1.54) is 6.07 Å². The van der Waals surface area contributed by atoms with E-state index in [9.17, 15) is 18.0 Å². The van der Waals surface area contributed by atoms with Crippen molar-refractivity contribution in [2.24, 2.45) is 5.92 Å². The molecule has 0 aliphatic carbocycles. The van der Waals surface area contributed by atoms with Gasteiger partial charge in [0, 0.05) is 31.7 Å². The van der Waals surface area contributed by atoms with E-state index in [1.54, 1.807) is 7.05 Å². The van der Waals surface area contributed by atoms with Crippen molar-refractivity contribution in [2.45, 2.75) is 33.2 Å². The van der Waals surface area contributed by atoms with Gasteiger partial charge in [-0.2, -0.15) is 13.2 Å². The largest absolute Gasteiger partial charge is 0.488 e. The number of amides is 1. The van der Waals surface area contributed by atoms with Gasteiger partial charge >= 0.3 is 6.18 Å². The number of halogens is 4. The number of alkyl halides is 3. The van der Waals surface area contributed by atoms with Gasteiger partial charge < -0.3 is 10.1 Å². The number of benzene rings is 2. The molecule has 0 atom stereocenters. The quantitative estimate of drug-likeness (QED) is 0.706. The third-order valence-corrected chi connectivity index (χ3v) is 5.39. The number of nitrogens with zero attached hydrogens (tertiary/aromatic N) is 1. The Labute approximate surface area is 179 Å². The highest BCUT2D eigenvalue weighted by atomic mass is 35.5. The third-order valence-electron chi connectivity index (χ3n) is 5.17. The molecule has 1 aliphatic heterocycles. The van der Waals surface area contributed by atoms with Crippen molar-refractivity contribution in [3.05, 3.63) is 63.2 Å². The second-order valence-corrected chi connectivity index (χ2v) is 8.14. The lowest BCUT2D eigenvalue weighted by molar-refractivity contribution is -0.137. The van der Waals surface area contributed by atoms with Gasteiger partial charge in [-0.05, 0) is 54.3 Å². The van der Waals surface area contributed by atoms with Crippen LogP contribution in [0.15, 0.2) is 30.3 Å². The van der Waals surface area contributed by atoms with E-state index in [-0.39, 0.29) is 23.5 Å². The van der Waals surface area contributed by atoms with Gasteiger partial charge in [-0.1, -0.05) is 23.7 Å². The highest BCUT2D eigenvalue weighted by Gasteiger charge is 2.32. The molecule has 0 aromatic heterocycles. The van der Waals surface area contributed by atoms with Gasteiger partial charge in [0.1, 0.15) is 12.4 Å². The van der Waals surface area contributed by atoms with E-state index in [0.717, 1.165) is 48.5 Å². The number of aryl methyl sites for hydroxylation is 2. The highest BCUT2D eigenvalue weighted by molar-refractivity contribution is 6.30. The fraction of sp³-hybridized carbons (Fsp3) is 0.409. The summed E-state index contributed by atoms with van der Waals surface area (Å²) >= 11 is 5.84. The minimum Gasteiger partial charge on any atom is -0.488 e. The second-order valence-electron chi connectivity index (χ2n) is 7.70.